The molecule has 1 fully saturated rings. The van der Waals surface area contributed by atoms with Crippen LogP contribution in [0.25, 0.3) is 11.0 Å². The van der Waals surface area contributed by atoms with Crippen LogP contribution in [0.3, 0.4) is 0 Å². The van der Waals surface area contributed by atoms with Gasteiger partial charge in [-0.15, -0.1) is 0 Å². The maximum Gasteiger partial charge on any atom is 0.254 e. The van der Waals surface area contributed by atoms with Crippen molar-refractivity contribution in [2.75, 3.05) is 13.1 Å². The molecule has 1 aliphatic heterocycles. The molecule has 3 aromatic rings. The topological polar surface area (TPSA) is 92.6 Å². The van der Waals surface area contributed by atoms with Crippen molar-refractivity contribution >= 4 is 16.9 Å². The predicted octanol–water partition coefficient (Wildman–Crippen LogP) is 1.64. The molecular weight excluding hydrogens is 306 g/mol. The highest BCUT2D eigenvalue weighted by Gasteiger charge is 2.27. The summed E-state index contributed by atoms with van der Waals surface area (Å²) >= 11 is 0. The molecule has 1 atom stereocenters. The fourth-order valence-electron chi connectivity index (χ4n) is 3.38. The Morgan fingerprint density at radius 3 is 2.88 bits per heavy atom. The predicted molar refractivity (Wildman–Crippen MR) is 87.6 cm³/mol. The number of carbonyl (C=O) groups is 1. The largest absolute Gasteiger partial charge is 0.336 e. The molecule has 1 aromatic carbocycles. The molecule has 2 aromatic heterocycles. The van der Waals surface area contributed by atoms with Gasteiger partial charge in [-0.2, -0.15) is 20.5 Å². The molecule has 0 bridgehead atoms. The lowest BCUT2D eigenvalue weighted by Gasteiger charge is -2.33. The van der Waals surface area contributed by atoms with Crippen LogP contribution in [0.1, 0.15) is 40.9 Å². The standard InChI is InChI=1S/C16H19N7O/c1-10-17-11(2)23(20-10)13-4-3-7-22(9-13)16(24)12-5-6-14-15(8-12)19-21-18-14/h5-6,8,13H,3-4,7,9H2,1-2H3,(H,18,19,21)/t13-/m1/s1. The molecule has 8 nitrogen and oxygen atoms in total. The molecule has 124 valence electrons. The highest BCUT2D eigenvalue weighted by Crippen LogP contribution is 2.24. The number of fused-ring (bicyclic) bond motifs is 1. The van der Waals surface area contributed by atoms with Crippen molar-refractivity contribution < 1.29 is 4.79 Å². The minimum Gasteiger partial charge on any atom is -0.336 e. The first-order chi connectivity index (χ1) is 11.6. The first-order valence-corrected chi connectivity index (χ1v) is 8.11. The number of aryl methyl sites for hydroxylation is 2. The molecule has 1 N–H and O–H groups in total. The average molecular weight is 325 g/mol. The molecule has 0 aliphatic carbocycles. The summed E-state index contributed by atoms with van der Waals surface area (Å²) in [5.74, 6) is 1.70. The molecule has 8 heteroatoms. The number of nitrogens with zero attached hydrogens (tertiary/aromatic N) is 6. The van der Waals surface area contributed by atoms with Gasteiger partial charge in [0.1, 0.15) is 22.7 Å². The molecule has 0 saturated carbocycles. The number of nitrogens with one attached hydrogen (secondary N) is 1. The fraction of sp³-hybridized carbons (Fsp3) is 0.438. The van der Waals surface area contributed by atoms with Crippen LogP contribution in [0, 0.1) is 13.8 Å². The van der Waals surface area contributed by atoms with Crippen LogP contribution in [0.4, 0.5) is 0 Å². The van der Waals surface area contributed by atoms with Crippen LogP contribution in [0.15, 0.2) is 18.2 Å². The van der Waals surface area contributed by atoms with E-state index in [0.717, 1.165) is 36.6 Å². The summed E-state index contributed by atoms with van der Waals surface area (Å²) in [6, 6.07) is 5.59. The number of hydrogen-bond acceptors (Lipinski definition) is 5. The first-order valence-electron chi connectivity index (χ1n) is 8.11. The summed E-state index contributed by atoms with van der Waals surface area (Å²) < 4.78 is 1.95. The second-order valence-corrected chi connectivity index (χ2v) is 6.23. The van der Waals surface area contributed by atoms with Gasteiger partial charge in [0.25, 0.3) is 5.91 Å². The van der Waals surface area contributed by atoms with E-state index in [1.165, 1.54) is 0 Å². The number of aromatic nitrogens is 6. The summed E-state index contributed by atoms with van der Waals surface area (Å²) in [7, 11) is 0. The van der Waals surface area contributed by atoms with Crippen molar-refractivity contribution in [3.63, 3.8) is 0 Å². The summed E-state index contributed by atoms with van der Waals surface area (Å²) in [4.78, 5) is 19.1. The van der Waals surface area contributed by atoms with Crippen LogP contribution in [-0.4, -0.2) is 54.1 Å². The molecule has 24 heavy (non-hydrogen) atoms. The number of hydrogen-bond donors (Lipinski definition) is 1. The van der Waals surface area contributed by atoms with E-state index in [9.17, 15) is 4.79 Å². The summed E-state index contributed by atoms with van der Waals surface area (Å²) in [5.41, 5.74) is 2.11. The molecule has 0 spiro atoms. The summed E-state index contributed by atoms with van der Waals surface area (Å²) in [6.07, 6.45) is 1.97. The van der Waals surface area contributed by atoms with E-state index in [0.29, 0.717) is 17.6 Å². The van der Waals surface area contributed by atoms with E-state index >= 15 is 0 Å². The van der Waals surface area contributed by atoms with E-state index in [2.05, 4.69) is 25.5 Å². The zero-order valence-electron chi connectivity index (χ0n) is 13.7. The Morgan fingerprint density at radius 1 is 1.25 bits per heavy atom. The van der Waals surface area contributed by atoms with Gasteiger partial charge in [-0.25, -0.2) is 9.67 Å². The van der Waals surface area contributed by atoms with Crippen molar-refractivity contribution in [2.45, 2.75) is 32.7 Å². The van der Waals surface area contributed by atoms with Gasteiger partial charge in [-0.05, 0) is 44.9 Å². The van der Waals surface area contributed by atoms with Crippen LogP contribution in [-0.2, 0) is 0 Å². The second kappa shape index (κ2) is 5.70. The zero-order chi connectivity index (χ0) is 16.7. The molecular formula is C16H19N7O. The first kappa shape index (κ1) is 14.8. The van der Waals surface area contributed by atoms with Crippen LogP contribution in [0.5, 0.6) is 0 Å². The van der Waals surface area contributed by atoms with Gasteiger partial charge >= 0.3 is 0 Å². The lowest BCUT2D eigenvalue weighted by molar-refractivity contribution is 0.0671. The Balaban J connectivity index is 1.56. The van der Waals surface area contributed by atoms with Gasteiger partial charge in [-0.3, -0.25) is 4.79 Å². The number of rotatable bonds is 2. The van der Waals surface area contributed by atoms with Gasteiger partial charge in [0.05, 0.1) is 6.04 Å². The molecule has 0 unspecified atom stereocenters. The highest BCUT2D eigenvalue weighted by molar-refractivity contribution is 5.97. The van der Waals surface area contributed by atoms with E-state index in [-0.39, 0.29) is 11.9 Å². The van der Waals surface area contributed by atoms with Gasteiger partial charge in [0, 0.05) is 18.7 Å². The van der Waals surface area contributed by atoms with Crippen LogP contribution >= 0.6 is 0 Å². The monoisotopic (exact) mass is 325 g/mol. The lowest BCUT2D eigenvalue weighted by atomic mass is 10.0. The quantitative estimate of drug-likeness (QED) is 0.773. The fourth-order valence-corrected chi connectivity index (χ4v) is 3.38. The molecule has 1 saturated heterocycles. The molecule has 0 radical (unpaired) electrons. The Hall–Kier alpha value is -2.77. The SMILES string of the molecule is Cc1nc(C)n([C@@H]2CCCN(C(=O)c3ccc4n[nH]nc4c3)C2)n1. The van der Waals surface area contributed by atoms with Crippen molar-refractivity contribution in [3.05, 3.63) is 35.4 Å². The van der Waals surface area contributed by atoms with Gasteiger partial charge in [0.2, 0.25) is 0 Å². The third-order valence-corrected chi connectivity index (χ3v) is 4.50. The van der Waals surface area contributed by atoms with Crippen molar-refractivity contribution in [3.8, 4) is 0 Å². The molecule has 3 heterocycles. The van der Waals surface area contributed by atoms with Gasteiger partial charge in [-0.1, -0.05) is 0 Å². The highest BCUT2D eigenvalue weighted by atomic mass is 16.2. The van der Waals surface area contributed by atoms with Gasteiger partial charge < -0.3 is 4.90 Å². The Kier molecular flexibility index (Phi) is 3.51. The number of carbonyl (C=O) groups excluding carboxylic acids is 1. The Morgan fingerprint density at radius 2 is 2.08 bits per heavy atom. The van der Waals surface area contributed by atoms with Crippen molar-refractivity contribution in [1.29, 1.82) is 0 Å². The minimum absolute atomic E-state index is 0.0269. The smallest absolute Gasteiger partial charge is 0.254 e. The molecule has 4 rings (SSSR count). The Labute approximate surface area is 138 Å². The van der Waals surface area contributed by atoms with Crippen molar-refractivity contribution in [1.82, 2.24) is 35.1 Å². The number of aromatic amines is 1. The number of amides is 1. The van der Waals surface area contributed by atoms with Crippen LogP contribution in [0.2, 0.25) is 0 Å². The lowest BCUT2D eigenvalue weighted by Crippen LogP contribution is -2.41. The van der Waals surface area contributed by atoms with Crippen LogP contribution < -0.4 is 0 Å². The molecule has 1 amide bonds. The summed E-state index contributed by atoms with van der Waals surface area (Å²) in [6.45, 7) is 5.26. The third-order valence-electron chi connectivity index (χ3n) is 4.50. The average Bonchev–Trinajstić information content (AvgIpc) is 3.19. The third kappa shape index (κ3) is 2.53. The van der Waals surface area contributed by atoms with E-state index < -0.39 is 0 Å². The van der Waals surface area contributed by atoms with Gasteiger partial charge in [0.15, 0.2) is 0 Å². The second-order valence-electron chi connectivity index (χ2n) is 6.23. The minimum atomic E-state index is 0.0269. The maximum absolute atomic E-state index is 12.9. The normalized spacial score (nSPS) is 18.2. The number of piperidine rings is 1. The number of H-pyrrole nitrogens is 1. The van der Waals surface area contributed by atoms with E-state index in [4.69, 9.17) is 0 Å². The Bertz CT molecular complexity index is 897. The molecule has 1 aliphatic rings. The zero-order valence-corrected chi connectivity index (χ0v) is 13.7. The van der Waals surface area contributed by atoms with E-state index in [1.807, 2.05) is 35.6 Å². The number of likely N-dealkylation sites (tertiary alicyclic amines) is 1. The maximum atomic E-state index is 12.9. The summed E-state index contributed by atoms with van der Waals surface area (Å²) in [5, 5.41) is 15.1. The number of benzene rings is 1. The van der Waals surface area contributed by atoms with Crippen molar-refractivity contribution in [2.24, 2.45) is 0 Å². The van der Waals surface area contributed by atoms with E-state index in [1.54, 1.807) is 6.07 Å².